The highest BCUT2D eigenvalue weighted by Crippen LogP contribution is 2.27. The van der Waals surface area contributed by atoms with Crippen LogP contribution in [0.4, 0.5) is 5.69 Å². The highest BCUT2D eigenvalue weighted by Gasteiger charge is 2.17. The van der Waals surface area contributed by atoms with Crippen molar-refractivity contribution in [3.63, 3.8) is 0 Å². The van der Waals surface area contributed by atoms with Gasteiger partial charge in [-0.3, -0.25) is 14.9 Å². The van der Waals surface area contributed by atoms with E-state index in [9.17, 15) is 14.9 Å². The summed E-state index contributed by atoms with van der Waals surface area (Å²) in [4.78, 5) is 21.5. The topological polar surface area (TPSA) is 60.2 Å². The van der Waals surface area contributed by atoms with E-state index >= 15 is 0 Å². The molecule has 0 unspecified atom stereocenters. The van der Waals surface area contributed by atoms with Gasteiger partial charge in [-0.15, -0.1) is 11.6 Å². The van der Waals surface area contributed by atoms with Gasteiger partial charge in [0.25, 0.3) is 5.69 Å². The second-order valence-electron chi connectivity index (χ2n) is 2.93. The van der Waals surface area contributed by atoms with Crippen LogP contribution in [0.25, 0.3) is 0 Å². The molecule has 0 saturated carbocycles. The molecule has 0 N–H and O–H groups in total. The standard InChI is InChI=1S/C9H7BrClNO3/c1-5-2-7(10)6(9(13)4-11)3-8(5)12(14)15/h2-3H,4H2,1H3. The Morgan fingerprint density at radius 1 is 1.60 bits per heavy atom. The second-order valence-corrected chi connectivity index (χ2v) is 4.05. The summed E-state index contributed by atoms with van der Waals surface area (Å²) in [7, 11) is 0. The quantitative estimate of drug-likeness (QED) is 0.372. The third-order valence-corrected chi connectivity index (χ3v) is 2.80. The molecule has 0 aliphatic rings. The number of halogens is 2. The number of alkyl halides is 1. The molecule has 0 radical (unpaired) electrons. The summed E-state index contributed by atoms with van der Waals surface area (Å²) in [6, 6.07) is 2.78. The molecular weight excluding hydrogens is 285 g/mol. The number of ketones is 1. The molecular formula is C9H7BrClNO3. The minimum Gasteiger partial charge on any atom is -0.293 e. The van der Waals surface area contributed by atoms with Gasteiger partial charge in [-0.2, -0.15) is 0 Å². The van der Waals surface area contributed by atoms with Crippen molar-refractivity contribution in [3.8, 4) is 0 Å². The fourth-order valence-corrected chi connectivity index (χ4v) is 1.97. The highest BCUT2D eigenvalue weighted by atomic mass is 79.9. The number of hydrogen-bond acceptors (Lipinski definition) is 3. The van der Waals surface area contributed by atoms with E-state index < -0.39 is 4.92 Å². The van der Waals surface area contributed by atoms with Crippen LogP contribution in [0.2, 0.25) is 0 Å². The zero-order chi connectivity index (χ0) is 11.6. The zero-order valence-corrected chi connectivity index (χ0v) is 10.1. The second kappa shape index (κ2) is 4.72. The van der Waals surface area contributed by atoms with Crippen molar-refractivity contribution in [2.45, 2.75) is 6.92 Å². The van der Waals surface area contributed by atoms with Crippen LogP contribution in [0.1, 0.15) is 15.9 Å². The predicted octanol–water partition coefficient (Wildman–Crippen LogP) is 3.09. The minimum atomic E-state index is -0.521. The SMILES string of the molecule is Cc1cc(Br)c(C(=O)CCl)cc1[N+](=O)[O-]. The van der Waals surface area contributed by atoms with Gasteiger partial charge in [-0.05, 0) is 13.0 Å². The molecule has 0 saturated heterocycles. The molecule has 1 aromatic carbocycles. The van der Waals surface area contributed by atoms with Crippen molar-refractivity contribution in [1.29, 1.82) is 0 Å². The van der Waals surface area contributed by atoms with E-state index in [2.05, 4.69) is 15.9 Å². The van der Waals surface area contributed by atoms with Gasteiger partial charge in [0.15, 0.2) is 5.78 Å². The smallest absolute Gasteiger partial charge is 0.273 e. The zero-order valence-electron chi connectivity index (χ0n) is 7.79. The van der Waals surface area contributed by atoms with Crippen molar-refractivity contribution in [2.24, 2.45) is 0 Å². The van der Waals surface area contributed by atoms with Crippen LogP contribution in [-0.4, -0.2) is 16.6 Å². The molecule has 6 heteroatoms. The number of nitro benzene ring substituents is 1. The Hall–Kier alpha value is -0.940. The maximum atomic E-state index is 11.3. The summed E-state index contributed by atoms with van der Waals surface area (Å²) in [5.74, 6) is -0.537. The average Bonchev–Trinajstić information content (AvgIpc) is 2.16. The van der Waals surface area contributed by atoms with E-state index in [1.54, 1.807) is 6.92 Å². The molecule has 0 amide bonds. The largest absolute Gasteiger partial charge is 0.293 e. The summed E-state index contributed by atoms with van der Waals surface area (Å²) in [6.45, 7) is 1.61. The van der Waals surface area contributed by atoms with E-state index in [4.69, 9.17) is 11.6 Å². The Labute approximate surface area is 99.5 Å². The Bertz CT molecular complexity index is 434. The van der Waals surface area contributed by atoms with Crippen LogP contribution in [0, 0.1) is 17.0 Å². The molecule has 0 bridgehead atoms. The molecule has 0 atom stereocenters. The third-order valence-electron chi connectivity index (χ3n) is 1.90. The lowest BCUT2D eigenvalue weighted by atomic mass is 10.1. The molecule has 0 aliphatic carbocycles. The van der Waals surface area contributed by atoms with Crippen molar-refractivity contribution in [3.05, 3.63) is 37.8 Å². The van der Waals surface area contributed by atoms with Gasteiger partial charge in [0.1, 0.15) is 0 Å². The fraction of sp³-hybridized carbons (Fsp3) is 0.222. The lowest BCUT2D eigenvalue weighted by Gasteiger charge is -2.03. The first-order chi connectivity index (χ1) is 6.97. The van der Waals surface area contributed by atoms with Gasteiger partial charge in [0.2, 0.25) is 0 Å². The van der Waals surface area contributed by atoms with Crippen molar-refractivity contribution >= 4 is 39.0 Å². The third kappa shape index (κ3) is 2.54. The lowest BCUT2D eigenvalue weighted by molar-refractivity contribution is -0.385. The Morgan fingerprint density at radius 2 is 2.20 bits per heavy atom. The van der Waals surface area contributed by atoms with Gasteiger partial charge in [0, 0.05) is 21.7 Å². The van der Waals surface area contributed by atoms with Crippen molar-refractivity contribution < 1.29 is 9.72 Å². The van der Waals surface area contributed by atoms with Gasteiger partial charge >= 0.3 is 0 Å². The Kier molecular flexibility index (Phi) is 3.82. The number of nitro groups is 1. The Balaban J connectivity index is 3.36. The highest BCUT2D eigenvalue weighted by molar-refractivity contribution is 9.10. The van der Waals surface area contributed by atoms with Gasteiger partial charge in [-0.25, -0.2) is 0 Å². The summed E-state index contributed by atoms with van der Waals surface area (Å²) >= 11 is 8.56. The number of rotatable bonds is 3. The van der Waals surface area contributed by atoms with Crippen molar-refractivity contribution in [2.75, 3.05) is 5.88 Å². The first kappa shape index (κ1) is 12.1. The first-order valence-electron chi connectivity index (χ1n) is 4.01. The van der Waals surface area contributed by atoms with Gasteiger partial charge < -0.3 is 0 Å². The van der Waals surface area contributed by atoms with Crippen LogP contribution in [-0.2, 0) is 0 Å². The molecule has 80 valence electrons. The van der Waals surface area contributed by atoms with Gasteiger partial charge in [-0.1, -0.05) is 15.9 Å². The van der Waals surface area contributed by atoms with E-state index in [0.29, 0.717) is 10.0 Å². The number of nitrogens with zero attached hydrogens (tertiary/aromatic N) is 1. The number of carbonyl (C=O) groups is 1. The number of benzene rings is 1. The number of carbonyl (C=O) groups excluding carboxylic acids is 1. The molecule has 1 rings (SSSR count). The number of aryl methyl sites for hydroxylation is 1. The molecule has 15 heavy (non-hydrogen) atoms. The fourth-order valence-electron chi connectivity index (χ4n) is 1.14. The average molecular weight is 293 g/mol. The Morgan fingerprint density at radius 3 is 2.67 bits per heavy atom. The summed E-state index contributed by atoms with van der Waals surface area (Å²) in [5, 5.41) is 10.6. The van der Waals surface area contributed by atoms with Gasteiger partial charge in [0.05, 0.1) is 10.8 Å². The molecule has 0 spiro atoms. The molecule has 0 aliphatic heterocycles. The molecule has 4 nitrogen and oxygen atoms in total. The summed E-state index contributed by atoms with van der Waals surface area (Å²) in [6.07, 6.45) is 0. The maximum Gasteiger partial charge on any atom is 0.273 e. The van der Waals surface area contributed by atoms with Crippen LogP contribution < -0.4 is 0 Å². The van der Waals surface area contributed by atoms with E-state index in [1.807, 2.05) is 0 Å². The molecule has 1 aromatic rings. The lowest BCUT2D eigenvalue weighted by Crippen LogP contribution is -2.03. The van der Waals surface area contributed by atoms with Crippen LogP contribution in [0.3, 0.4) is 0 Å². The van der Waals surface area contributed by atoms with Crippen LogP contribution in [0.15, 0.2) is 16.6 Å². The molecule has 0 aromatic heterocycles. The van der Waals surface area contributed by atoms with Crippen LogP contribution >= 0.6 is 27.5 Å². The molecule has 0 fully saturated rings. The number of hydrogen-bond donors (Lipinski definition) is 0. The van der Waals surface area contributed by atoms with Crippen LogP contribution in [0.5, 0.6) is 0 Å². The first-order valence-corrected chi connectivity index (χ1v) is 5.33. The monoisotopic (exact) mass is 291 g/mol. The van der Waals surface area contributed by atoms with E-state index in [-0.39, 0.29) is 22.9 Å². The predicted molar refractivity (Wildman–Crippen MR) is 60.6 cm³/mol. The van der Waals surface area contributed by atoms with E-state index in [0.717, 1.165) is 0 Å². The number of Topliss-reactive ketones (excluding diaryl/α,β-unsaturated/α-hetero) is 1. The minimum absolute atomic E-state index is 0.0772. The summed E-state index contributed by atoms with van der Waals surface area (Å²) in [5.41, 5.74) is 0.659. The summed E-state index contributed by atoms with van der Waals surface area (Å²) < 4.78 is 0.524. The van der Waals surface area contributed by atoms with E-state index in [1.165, 1.54) is 12.1 Å². The molecule has 0 heterocycles. The van der Waals surface area contributed by atoms with Crippen molar-refractivity contribution in [1.82, 2.24) is 0 Å². The normalized spacial score (nSPS) is 10.1. The maximum absolute atomic E-state index is 11.3.